The van der Waals surface area contributed by atoms with Crippen LogP contribution in [0.15, 0.2) is 53.1 Å². The lowest BCUT2D eigenvalue weighted by Crippen LogP contribution is -2.26. The van der Waals surface area contributed by atoms with E-state index in [1.165, 1.54) is 25.2 Å². The van der Waals surface area contributed by atoms with Gasteiger partial charge in [0.2, 0.25) is 21.7 Å². The summed E-state index contributed by atoms with van der Waals surface area (Å²) in [6.07, 6.45) is 1.08. The molecule has 0 saturated carbocycles. The molecule has 1 amide bonds. The summed E-state index contributed by atoms with van der Waals surface area (Å²) >= 11 is 6.15. The molecule has 0 spiro atoms. The zero-order chi connectivity index (χ0) is 20.3. The topological polar surface area (TPSA) is 105 Å². The van der Waals surface area contributed by atoms with Crippen LogP contribution in [0, 0.1) is 0 Å². The molecule has 0 aliphatic carbocycles. The summed E-state index contributed by atoms with van der Waals surface area (Å²) in [6, 6.07) is 13.7. The number of sulfonamides is 1. The fraction of sp³-hybridized carbons (Fsp3) is 0.167. The van der Waals surface area contributed by atoms with Crippen molar-refractivity contribution in [3.05, 3.63) is 65.0 Å². The predicted molar refractivity (Wildman–Crippen MR) is 106 cm³/mol. The molecule has 0 atom stereocenters. The molecule has 0 fully saturated rings. The summed E-state index contributed by atoms with van der Waals surface area (Å²) in [5.41, 5.74) is 1.36. The maximum absolute atomic E-state index is 12.4. The van der Waals surface area contributed by atoms with Crippen molar-refractivity contribution in [3.8, 4) is 11.4 Å². The Kier molecular flexibility index (Phi) is 5.66. The van der Waals surface area contributed by atoms with Crippen molar-refractivity contribution in [1.82, 2.24) is 15.5 Å². The van der Waals surface area contributed by atoms with Crippen molar-refractivity contribution in [2.75, 3.05) is 17.6 Å². The molecular formula is C18H17ClN4O4S. The number of anilines is 1. The van der Waals surface area contributed by atoms with Gasteiger partial charge in [-0.3, -0.25) is 9.10 Å². The van der Waals surface area contributed by atoms with E-state index in [4.69, 9.17) is 16.1 Å². The zero-order valence-electron chi connectivity index (χ0n) is 15.1. The third kappa shape index (κ3) is 4.49. The molecule has 1 aromatic heterocycles. The largest absolute Gasteiger partial charge is 0.343 e. The number of carbonyl (C=O) groups excluding carboxylic acids is 1. The van der Waals surface area contributed by atoms with E-state index in [1.807, 2.05) is 30.3 Å². The molecule has 1 N–H and O–H groups in total. The lowest BCUT2D eigenvalue weighted by Gasteiger charge is -2.17. The van der Waals surface area contributed by atoms with Crippen LogP contribution in [-0.2, 0) is 16.6 Å². The molecule has 0 radical (unpaired) electrons. The van der Waals surface area contributed by atoms with Crippen LogP contribution in [0.5, 0.6) is 0 Å². The Balaban J connectivity index is 1.68. The van der Waals surface area contributed by atoms with E-state index < -0.39 is 15.9 Å². The molecule has 0 aliphatic rings. The van der Waals surface area contributed by atoms with Gasteiger partial charge < -0.3 is 9.84 Å². The highest BCUT2D eigenvalue weighted by Crippen LogP contribution is 2.24. The summed E-state index contributed by atoms with van der Waals surface area (Å²) in [4.78, 5) is 16.6. The van der Waals surface area contributed by atoms with E-state index in [1.54, 1.807) is 0 Å². The molecule has 28 heavy (non-hydrogen) atoms. The Morgan fingerprint density at radius 2 is 1.93 bits per heavy atom. The highest BCUT2D eigenvalue weighted by molar-refractivity contribution is 7.92. The molecular weight excluding hydrogens is 404 g/mol. The molecule has 0 bridgehead atoms. The summed E-state index contributed by atoms with van der Waals surface area (Å²) < 4.78 is 29.4. The Morgan fingerprint density at radius 1 is 1.21 bits per heavy atom. The van der Waals surface area contributed by atoms with Crippen molar-refractivity contribution in [2.45, 2.75) is 6.54 Å². The Bertz CT molecular complexity index is 1100. The van der Waals surface area contributed by atoms with E-state index in [0.29, 0.717) is 11.5 Å². The minimum Gasteiger partial charge on any atom is -0.343 e. The molecule has 146 valence electrons. The summed E-state index contributed by atoms with van der Waals surface area (Å²) in [5.74, 6) is 0.228. The van der Waals surface area contributed by atoms with Crippen molar-refractivity contribution in [1.29, 1.82) is 0 Å². The second kappa shape index (κ2) is 7.99. The highest BCUT2D eigenvalue weighted by Gasteiger charge is 2.17. The first kappa shape index (κ1) is 19.8. The van der Waals surface area contributed by atoms with Crippen LogP contribution in [0.4, 0.5) is 5.69 Å². The van der Waals surface area contributed by atoms with E-state index in [0.717, 1.165) is 16.1 Å². The normalized spacial score (nSPS) is 11.2. The van der Waals surface area contributed by atoms with Gasteiger partial charge in [-0.05, 0) is 18.2 Å². The fourth-order valence-corrected chi connectivity index (χ4v) is 3.11. The number of nitrogens with one attached hydrogen (secondary N) is 1. The van der Waals surface area contributed by atoms with Crippen LogP contribution >= 0.6 is 11.6 Å². The third-order valence-electron chi connectivity index (χ3n) is 3.96. The number of halogens is 1. The van der Waals surface area contributed by atoms with Crippen molar-refractivity contribution < 1.29 is 17.7 Å². The van der Waals surface area contributed by atoms with Crippen LogP contribution in [0.3, 0.4) is 0 Å². The average Bonchev–Trinajstić information content (AvgIpc) is 3.14. The SMILES string of the molecule is CN(c1ccc(C(=O)NCc2nc(-c3ccccc3)no2)c(Cl)c1)S(C)(=O)=O. The summed E-state index contributed by atoms with van der Waals surface area (Å²) in [7, 11) is -2.02. The summed E-state index contributed by atoms with van der Waals surface area (Å²) in [5, 5.41) is 6.66. The number of hydrogen-bond acceptors (Lipinski definition) is 6. The van der Waals surface area contributed by atoms with Gasteiger partial charge in [-0.2, -0.15) is 4.98 Å². The first-order valence-electron chi connectivity index (χ1n) is 8.15. The predicted octanol–water partition coefficient (Wildman–Crippen LogP) is 2.72. The number of benzene rings is 2. The van der Waals surface area contributed by atoms with Gasteiger partial charge in [-0.25, -0.2) is 8.42 Å². The van der Waals surface area contributed by atoms with E-state index in [2.05, 4.69) is 15.5 Å². The van der Waals surface area contributed by atoms with Crippen molar-refractivity contribution in [3.63, 3.8) is 0 Å². The highest BCUT2D eigenvalue weighted by atomic mass is 35.5. The lowest BCUT2D eigenvalue weighted by atomic mass is 10.2. The zero-order valence-corrected chi connectivity index (χ0v) is 16.7. The molecule has 0 aliphatic heterocycles. The van der Waals surface area contributed by atoms with Crippen LogP contribution in [-0.4, -0.2) is 37.8 Å². The molecule has 3 rings (SSSR count). The van der Waals surface area contributed by atoms with Crippen LogP contribution < -0.4 is 9.62 Å². The van der Waals surface area contributed by atoms with Gasteiger partial charge in [0.05, 0.1) is 29.1 Å². The van der Waals surface area contributed by atoms with E-state index in [-0.39, 0.29) is 23.0 Å². The van der Waals surface area contributed by atoms with Gasteiger partial charge in [0.1, 0.15) is 0 Å². The van der Waals surface area contributed by atoms with Crippen LogP contribution in [0.25, 0.3) is 11.4 Å². The van der Waals surface area contributed by atoms with Gasteiger partial charge in [-0.15, -0.1) is 0 Å². The van der Waals surface area contributed by atoms with Gasteiger partial charge in [0.25, 0.3) is 5.91 Å². The van der Waals surface area contributed by atoms with Gasteiger partial charge in [-0.1, -0.05) is 47.1 Å². The Hall–Kier alpha value is -2.91. The Morgan fingerprint density at radius 3 is 2.57 bits per heavy atom. The van der Waals surface area contributed by atoms with Gasteiger partial charge >= 0.3 is 0 Å². The molecule has 1 heterocycles. The molecule has 3 aromatic rings. The number of rotatable bonds is 6. The fourth-order valence-electron chi connectivity index (χ4n) is 2.36. The van der Waals surface area contributed by atoms with Crippen molar-refractivity contribution >= 4 is 33.2 Å². The smallest absolute Gasteiger partial charge is 0.253 e. The minimum absolute atomic E-state index is 0.0278. The van der Waals surface area contributed by atoms with E-state index in [9.17, 15) is 13.2 Å². The van der Waals surface area contributed by atoms with Gasteiger partial charge in [0.15, 0.2) is 0 Å². The van der Waals surface area contributed by atoms with Crippen LogP contribution in [0.1, 0.15) is 16.2 Å². The number of carbonyl (C=O) groups is 1. The monoisotopic (exact) mass is 420 g/mol. The first-order chi connectivity index (χ1) is 13.3. The summed E-state index contributed by atoms with van der Waals surface area (Å²) in [6.45, 7) is 0.0278. The minimum atomic E-state index is -3.43. The second-order valence-electron chi connectivity index (χ2n) is 5.96. The van der Waals surface area contributed by atoms with E-state index >= 15 is 0 Å². The molecule has 8 nitrogen and oxygen atoms in total. The average molecular weight is 421 g/mol. The number of nitrogens with zero attached hydrogens (tertiary/aromatic N) is 3. The molecule has 2 aromatic carbocycles. The number of amides is 1. The molecule has 0 saturated heterocycles. The number of aromatic nitrogens is 2. The maximum Gasteiger partial charge on any atom is 0.253 e. The number of hydrogen-bond donors (Lipinski definition) is 1. The van der Waals surface area contributed by atoms with Crippen LogP contribution in [0.2, 0.25) is 5.02 Å². The molecule has 0 unspecified atom stereocenters. The Labute approximate surface area is 167 Å². The maximum atomic E-state index is 12.4. The molecule has 10 heteroatoms. The lowest BCUT2D eigenvalue weighted by molar-refractivity contribution is 0.0946. The van der Waals surface area contributed by atoms with Gasteiger partial charge in [0, 0.05) is 12.6 Å². The first-order valence-corrected chi connectivity index (χ1v) is 10.4. The standard InChI is InChI=1S/C18H17ClN4O4S/c1-23(28(2,25)26)13-8-9-14(15(19)10-13)18(24)20-11-16-21-17(22-27-16)12-6-4-3-5-7-12/h3-10H,11H2,1-2H3,(H,20,24). The second-order valence-corrected chi connectivity index (χ2v) is 8.38. The third-order valence-corrected chi connectivity index (χ3v) is 5.48. The van der Waals surface area contributed by atoms with Crippen molar-refractivity contribution in [2.24, 2.45) is 0 Å². The quantitative estimate of drug-likeness (QED) is 0.657.